The predicted octanol–water partition coefficient (Wildman–Crippen LogP) is 1.89. The van der Waals surface area contributed by atoms with Gasteiger partial charge in [-0.3, -0.25) is 9.59 Å². The van der Waals surface area contributed by atoms with Gasteiger partial charge in [-0.15, -0.1) is 0 Å². The summed E-state index contributed by atoms with van der Waals surface area (Å²) in [5.74, 6) is 0.672. The highest BCUT2D eigenvalue weighted by Crippen LogP contribution is 2.13. The van der Waals surface area contributed by atoms with E-state index in [0.717, 1.165) is 25.9 Å². The number of amides is 1. The first-order valence-electron chi connectivity index (χ1n) is 6.18. The lowest BCUT2D eigenvalue weighted by atomic mass is 10.1. The molecule has 2 rings (SSSR count). The van der Waals surface area contributed by atoms with E-state index in [9.17, 15) is 9.59 Å². The maximum Gasteiger partial charge on any atom is 0.260 e. The number of hydrogen-bond acceptors (Lipinski definition) is 3. The van der Waals surface area contributed by atoms with Crippen LogP contribution < -0.4 is 4.74 Å². The largest absolute Gasteiger partial charge is 0.484 e. The van der Waals surface area contributed by atoms with E-state index in [-0.39, 0.29) is 18.3 Å². The molecule has 1 aliphatic heterocycles. The van der Waals surface area contributed by atoms with Crippen LogP contribution in [0.5, 0.6) is 5.75 Å². The van der Waals surface area contributed by atoms with Crippen LogP contribution in [0.2, 0.25) is 0 Å². The zero-order valence-corrected chi connectivity index (χ0v) is 10.5. The van der Waals surface area contributed by atoms with Gasteiger partial charge in [0.1, 0.15) is 5.75 Å². The molecule has 1 aliphatic rings. The number of likely N-dealkylation sites (tertiary alicyclic amines) is 1. The van der Waals surface area contributed by atoms with Gasteiger partial charge in [0.2, 0.25) is 0 Å². The van der Waals surface area contributed by atoms with E-state index in [2.05, 4.69) is 0 Å². The molecule has 96 valence electrons. The van der Waals surface area contributed by atoms with Crippen molar-refractivity contribution in [2.75, 3.05) is 19.7 Å². The molecule has 0 unspecified atom stereocenters. The minimum absolute atomic E-state index is 0.0229. The Kier molecular flexibility index (Phi) is 3.97. The molecule has 1 amide bonds. The molecule has 0 saturated carbocycles. The third kappa shape index (κ3) is 3.09. The zero-order valence-electron chi connectivity index (χ0n) is 10.5. The number of hydrogen-bond donors (Lipinski definition) is 0. The summed E-state index contributed by atoms with van der Waals surface area (Å²) in [6.07, 6.45) is 2.16. The Bertz CT molecular complexity index is 433. The van der Waals surface area contributed by atoms with Gasteiger partial charge in [-0.2, -0.15) is 0 Å². The Hall–Kier alpha value is -1.84. The highest BCUT2D eigenvalue weighted by atomic mass is 16.5. The first-order valence-corrected chi connectivity index (χ1v) is 6.18. The standard InChI is InChI=1S/C14H17NO3/c1-11(16)12-4-6-13(7-5-12)18-10-14(17)15-8-2-3-9-15/h4-7H,2-3,8-10H2,1H3. The van der Waals surface area contributed by atoms with Gasteiger partial charge in [0.25, 0.3) is 5.91 Å². The summed E-state index contributed by atoms with van der Waals surface area (Å²) in [4.78, 5) is 24.7. The number of ether oxygens (including phenoxy) is 1. The van der Waals surface area contributed by atoms with Crippen molar-refractivity contribution < 1.29 is 14.3 Å². The van der Waals surface area contributed by atoms with Gasteiger partial charge < -0.3 is 9.64 Å². The van der Waals surface area contributed by atoms with Crippen molar-refractivity contribution in [2.45, 2.75) is 19.8 Å². The van der Waals surface area contributed by atoms with E-state index >= 15 is 0 Å². The van der Waals surface area contributed by atoms with Gasteiger partial charge in [0.05, 0.1) is 0 Å². The SMILES string of the molecule is CC(=O)c1ccc(OCC(=O)N2CCCC2)cc1. The van der Waals surface area contributed by atoms with Crippen molar-refractivity contribution >= 4 is 11.7 Å². The van der Waals surface area contributed by atoms with Crippen LogP contribution >= 0.6 is 0 Å². The summed E-state index contributed by atoms with van der Waals surface area (Å²) in [6, 6.07) is 6.85. The second kappa shape index (κ2) is 5.67. The summed E-state index contributed by atoms with van der Waals surface area (Å²) in [6.45, 7) is 3.27. The zero-order chi connectivity index (χ0) is 13.0. The predicted molar refractivity (Wildman–Crippen MR) is 67.8 cm³/mol. The van der Waals surface area contributed by atoms with Gasteiger partial charge in [0, 0.05) is 18.7 Å². The summed E-state index contributed by atoms with van der Waals surface area (Å²) >= 11 is 0. The van der Waals surface area contributed by atoms with Gasteiger partial charge in [-0.1, -0.05) is 0 Å². The van der Waals surface area contributed by atoms with Crippen molar-refractivity contribution in [3.8, 4) is 5.75 Å². The van der Waals surface area contributed by atoms with E-state index in [0.29, 0.717) is 11.3 Å². The molecule has 0 bridgehead atoms. The Morgan fingerprint density at radius 1 is 1.17 bits per heavy atom. The Morgan fingerprint density at radius 2 is 1.78 bits per heavy atom. The summed E-state index contributed by atoms with van der Waals surface area (Å²) < 4.78 is 5.41. The molecule has 1 aromatic carbocycles. The van der Waals surface area contributed by atoms with E-state index in [1.54, 1.807) is 24.3 Å². The minimum atomic E-state index is 0.0229. The van der Waals surface area contributed by atoms with Gasteiger partial charge in [-0.05, 0) is 44.0 Å². The van der Waals surface area contributed by atoms with Crippen molar-refractivity contribution in [3.63, 3.8) is 0 Å². The molecule has 1 saturated heterocycles. The van der Waals surface area contributed by atoms with Crippen LogP contribution in [0, 0.1) is 0 Å². The monoisotopic (exact) mass is 247 g/mol. The van der Waals surface area contributed by atoms with Gasteiger partial charge in [-0.25, -0.2) is 0 Å². The fourth-order valence-corrected chi connectivity index (χ4v) is 1.99. The third-order valence-electron chi connectivity index (χ3n) is 3.08. The lowest BCUT2D eigenvalue weighted by Gasteiger charge is -2.15. The van der Waals surface area contributed by atoms with E-state index in [1.807, 2.05) is 4.90 Å². The molecule has 18 heavy (non-hydrogen) atoms. The van der Waals surface area contributed by atoms with Crippen LogP contribution in [-0.4, -0.2) is 36.3 Å². The molecule has 0 atom stereocenters. The van der Waals surface area contributed by atoms with E-state index < -0.39 is 0 Å². The summed E-state index contributed by atoms with van der Waals surface area (Å²) in [5.41, 5.74) is 0.646. The molecule has 0 aliphatic carbocycles. The van der Waals surface area contributed by atoms with Crippen LogP contribution in [-0.2, 0) is 4.79 Å². The fourth-order valence-electron chi connectivity index (χ4n) is 1.99. The molecule has 0 spiro atoms. The van der Waals surface area contributed by atoms with E-state index in [1.165, 1.54) is 6.92 Å². The van der Waals surface area contributed by atoms with Crippen LogP contribution in [0.25, 0.3) is 0 Å². The number of carbonyl (C=O) groups is 2. The van der Waals surface area contributed by atoms with Gasteiger partial charge >= 0.3 is 0 Å². The molecule has 0 radical (unpaired) electrons. The molecule has 1 aromatic rings. The normalized spacial score (nSPS) is 14.6. The highest BCUT2D eigenvalue weighted by molar-refractivity contribution is 5.94. The number of nitrogens with zero attached hydrogens (tertiary/aromatic N) is 1. The molecular formula is C14H17NO3. The van der Waals surface area contributed by atoms with Gasteiger partial charge in [0.15, 0.2) is 12.4 Å². The minimum Gasteiger partial charge on any atom is -0.484 e. The van der Waals surface area contributed by atoms with Crippen LogP contribution in [0.4, 0.5) is 0 Å². The molecule has 1 fully saturated rings. The molecule has 4 heteroatoms. The van der Waals surface area contributed by atoms with Crippen molar-refractivity contribution in [1.29, 1.82) is 0 Å². The van der Waals surface area contributed by atoms with Crippen LogP contribution in [0.1, 0.15) is 30.1 Å². The number of carbonyl (C=O) groups excluding carboxylic acids is 2. The van der Waals surface area contributed by atoms with Crippen molar-refractivity contribution in [3.05, 3.63) is 29.8 Å². The van der Waals surface area contributed by atoms with Crippen LogP contribution in [0.3, 0.4) is 0 Å². The topological polar surface area (TPSA) is 46.6 Å². The molecule has 0 N–H and O–H groups in total. The lowest BCUT2D eigenvalue weighted by Crippen LogP contribution is -2.32. The average Bonchev–Trinajstić information content (AvgIpc) is 2.90. The van der Waals surface area contributed by atoms with Crippen molar-refractivity contribution in [1.82, 2.24) is 4.90 Å². The third-order valence-corrected chi connectivity index (χ3v) is 3.08. The van der Waals surface area contributed by atoms with Crippen LogP contribution in [0.15, 0.2) is 24.3 Å². The smallest absolute Gasteiger partial charge is 0.260 e. The summed E-state index contributed by atoms with van der Waals surface area (Å²) in [7, 11) is 0. The fraction of sp³-hybridized carbons (Fsp3) is 0.429. The second-order valence-corrected chi connectivity index (χ2v) is 4.46. The second-order valence-electron chi connectivity index (χ2n) is 4.46. The molecule has 1 heterocycles. The average molecular weight is 247 g/mol. The number of ketones is 1. The maximum absolute atomic E-state index is 11.7. The molecular weight excluding hydrogens is 230 g/mol. The lowest BCUT2D eigenvalue weighted by molar-refractivity contribution is -0.132. The Labute approximate surface area is 107 Å². The number of Topliss-reactive ketones (excluding diaryl/α,β-unsaturated/α-hetero) is 1. The quantitative estimate of drug-likeness (QED) is 0.763. The first-order chi connectivity index (χ1) is 8.66. The maximum atomic E-state index is 11.7. The van der Waals surface area contributed by atoms with Crippen molar-refractivity contribution in [2.24, 2.45) is 0 Å². The summed E-state index contributed by atoms with van der Waals surface area (Å²) in [5, 5.41) is 0. The Balaban J connectivity index is 1.86. The number of benzene rings is 1. The number of rotatable bonds is 4. The molecule has 4 nitrogen and oxygen atoms in total. The first kappa shape index (κ1) is 12.6. The Morgan fingerprint density at radius 3 is 2.33 bits per heavy atom. The van der Waals surface area contributed by atoms with E-state index in [4.69, 9.17) is 4.74 Å². The highest BCUT2D eigenvalue weighted by Gasteiger charge is 2.17. The molecule has 0 aromatic heterocycles.